The van der Waals surface area contributed by atoms with E-state index in [2.05, 4.69) is 17.0 Å². The molecule has 0 saturated carbocycles. The molecule has 2 N–H and O–H groups in total. The summed E-state index contributed by atoms with van der Waals surface area (Å²) in [4.78, 5) is 3.04. The molecule has 0 saturated heterocycles. The van der Waals surface area contributed by atoms with E-state index in [1.54, 1.807) is 6.07 Å². The van der Waals surface area contributed by atoms with E-state index in [0.29, 0.717) is 17.3 Å². The summed E-state index contributed by atoms with van der Waals surface area (Å²) in [7, 11) is 0.486. The van der Waals surface area contributed by atoms with E-state index in [9.17, 15) is 8.42 Å². The minimum atomic E-state index is -3.35. The van der Waals surface area contributed by atoms with E-state index in [-0.39, 0.29) is 0 Å². The predicted molar refractivity (Wildman–Crippen MR) is 84.9 cm³/mol. The lowest BCUT2D eigenvalue weighted by Crippen LogP contribution is -2.30. The number of sulfonamides is 1. The first-order chi connectivity index (χ1) is 9.45. The molecule has 0 spiro atoms. The van der Waals surface area contributed by atoms with Crippen molar-refractivity contribution in [2.45, 2.75) is 24.0 Å². The molecule has 0 amide bonds. The third-order valence-electron chi connectivity index (χ3n) is 2.73. The van der Waals surface area contributed by atoms with Crippen LogP contribution in [-0.2, 0) is 16.4 Å². The minimum Gasteiger partial charge on any atom is -0.316 e. The molecule has 0 aliphatic carbocycles. The van der Waals surface area contributed by atoms with Gasteiger partial charge in [0, 0.05) is 18.0 Å². The molecule has 1 rings (SSSR count). The molecule has 0 unspecified atom stereocenters. The molecule has 0 aliphatic rings. The first-order valence-corrected chi connectivity index (χ1v) is 9.19. The number of hydrogen-bond donors (Lipinski definition) is 2. The van der Waals surface area contributed by atoms with Gasteiger partial charge in [-0.1, -0.05) is 6.92 Å². The molecule has 0 aromatic carbocycles. The number of nitrogens with zero attached hydrogens (tertiary/aromatic N) is 1. The van der Waals surface area contributed by atoms with Crippen LogP contribution in [0, 0.1) is 0 Å². The van der Waals surface area contributed by atoms with Crippen molar-refractivity contribution in [3.8, 4) is 0 Å². The fraction of sp³-hybridized carbons (Fsp3) is 0.692. The van der Waals surface area contributed by atoms with Crippen LogP contribution in [-0.4, -0.2) is 53.6 Å². The van der Waals surface area contributed by atoms with E-state index in [0.717, 1.165) is 30.8 Å². The zero-order valence-electron chi connectivity index (χ0n) is 12.5. The predicted octanol–water partition coefficient (Wildman–Crippen LogP) is 1.13. The number of hydrogen-bond acceptors (Lipinski definition) is 5. The van der Waals surface area contributed by atoms with Crippen LogP contribution in [0.4, 0.5) is 0 Å². The van der Waals surface area contributed by atoms with Gasteiger partial charge in [-0.15, -0.1) is 11.3 Å². The number of likely N-dealkylation sites (N-methyl/N-ethyl adjacent to an activating group) is 1. The van der Waals surface area contributed by atoms with Crippen LogP contribution in [0.3, 0.4) is 0 Å². The lowest BCUT2D eigenvalue weighted by Gasteiger charge is -2.09. The minimum absolute atomic E-state index is 0.404. The molecule has 0 radical (unpaired) electrons. The number of thiophene rings is 1. The van der Waals surface area contributed by atoms with Crippen molar-refractivity contribution in [3.63, 3.8) is 0 Å². The van der Waals surface area contributed by atoms with Gasteiger partial charge in [-0.05, 0) is 52.2 Å². The number of nitrogens with one attached hydrogen (secondary N) is 2. The Labute approximate surface area is 126 Å². The fourth-order valence-corrected chi connectivity index (χ4v) is 4.05. The van der Waals surface area contributed by atoms with Crippen molar-refractivity contribution in [1.82, 2.24) is 14.9 Å². The van der Waals surface area contributed by atoms with Gasteiger partial charge in [0.15, 0.2) is 0 Å². The summed E-state index contributed by atoms with van der Waals surface area (Å²) in [5, 5.41) is 3.31. The largest absolute Gasteiger partial charge is 0.316 e. The highest BCUT2D eigenvalue weighted by molar-refractivity contribution is 7.91. The Morgan fingerprint density at radius 3 is 2.60 bits per heavy atom. The van der Waals surface area contributed by atoms with Crippen LogP contribution in [0.5, 0.6) is 0 Å². The molecule has 0 fully saturated rings. The van der Waals surface area contributed by atoms with E-state index >= 15 is 0 Å². The summed E-state index contributed by atoms with van der Waals surface area (Å²) >= 11 is 1.35. The average molecular weight is 319 g/mol. The van der Waals surface area contributed by atoms with Gasteiger partial charge < -0.3 is 10.2 Å². The van der Waals surface area contributed by atoms with Crippen LogP contribution >= 0.6 is 11.3 Å². The maximum Gasteiger partial charge on any atom is 0.250 e. The second kappa shape index (κ2) is 8.74. The van der Waals surface area contributed by atoms with Crippen molar-refractivity contribution in [1.29, 1.82) is 0 Å². The standard InChI is InChI=1S/C13H25N3O2S2/c1-4-8-14-9-7-12-5-6-13(19-12)20(17,18)15-10-11-16(2)3/h5-6,14-15H,4,7-11H2,1-3H3. The molecule has 116 valence electrons. The van der Waals surface area contributed by atoms with Crippen molar-refractivity contribution in [2.24, 2.45) is 0 Å². The molecule has 7 heteroatoms. The highest BCUT2D eigenvalue weighted by Gasteiger charge is 2.16. The van der Waals surface area contributed by atoms with Crippen LogP contribution in [0.2, 0.25) is 0 Å². The third-order valence-corrected chi connectivity index (χ3v) is 5.83. The van der Waals surface area contributed by atoms with Gasteiger partial charge in [-0.25, -0.2) is 13.1 Å². The summed E-state index contributed by atoms with van der Waals surface area (Å²) in [5.41, 5.74) is 0. The van der Waals surface area contributed by atoms with Gasteiger partial charge in [0.2, 0.25) is 10.0 Å². The molecule has 5 nitrogen and oxygen atoms in total. The van der Waals surface area contributed by atoms with Crippen LogP contribution < -0.4 is 10.0 Å². The Morgan fingerprint density at radius 2 is 1.95 bits per heavy atom. The molecular formula is C13H25N3O2S2. The normalized spacial score (nSPS) is 12.2. The van der Waals surface area contributed by atoms with E-state index in [1.807, 2.05) is 25.1 Å². The first-order valence-electron chi connectivity index (χ1n) is 6.89. The van der Waals surface area contributed by atoms with Gasteiger partial charge >= 0.3 is 0 Å². The maximum atomic E-state index is 12.1. The average Bonchev–Trinajstić information content (AvgIpc) is 2.83. The van der Waals surface area contributed by atoms with Gasteiger partial charge in [0.25, 0.3) is 0 Å². The highest BCUT2D eigenvalue weighted by Crippen LogP contribution is 2.21. The van der Waals surface area contributed by atoms with Crippen LogP contribution in [0.15, 0.2) is 16.3 Å². The zero-order valence-corrected chi connectivity index (χ0v) is 14.1. The maximum absolute atomic E-state index is 12.1. The van der Waals surface area contributed by atoms with Gasteiger partial charge in [-0.2, -0.15) is 0 Å². The van der Waals surface area contributed by atoms with Crippen molar-refractivity contribution in [3.05, 3.63) is 17.0 Å². The topological polar surface area (TPSA) is 61.4 Å². The molecule has 20 heavy (non-hydrogen) atoms. The summed E-state index contributed by atoms with van der Waals surface area (Å²) in [6.45, 7) is 5.14. The van der Waals surface area contributed by atoms with Crippen LogP contribution in [0.25, 0.3) is 0 Å². The molecule has 0 atom stereocenters. The summed E-state index contributed by atoms with van der Waals surface area (Å²) < 4.78 is 27.2. The fourth-order valence-electron chi connectivity index (χ4n) is 1.63. The van der Waals surface area contributed by atoms with Gasteiger partial charge in [-0.3, -0.25) is 0 Å². The highest BCUT2D eigenvalue weighted by atomic mass is 32.2. The van der Waals surface area contributed by atoms with Crippen molar-refractivity contribution < 1.29 is 8.42 Å². The van der Waals surface area contributed by atoms with Gasteiger partial charge in [0.05, 0.1) is 0 Å². The zero-order chi connectivity index (χ0) is 15.0. The van der Waals surface area contributed by atoms with Gasteiger partial charge in [0.1, 0.15) is 4.21 Å². The Bertz CT molecular complexity index is 484. The second-order valence-electron chi connectivity index (χ2n) is 4.92. The van der Waals surface area contributed by atoms with E-state index in [4.69, 9.17) is 0 Å². The molecule has 0 aliphatic heterocycles. The SMILES string of the molecule is CCCNCCc1ccc(S(=O)(=O)NCCN(C)C)s1. The van der Waals surface area contributed by atoms with E-state index in [1.165, 1.54) is 11.3 Å². The summed E-state index contributed by atoms with van der Waals surface area (Å²) in [6, 6.07) is 3.59. The Balaban J connectivity index is 2.48. The van der Waals surface area contributed by atoms with E-state index < -0.39 is 10.0 Å². The second-order valence-corrected chi connectivity index (χ2v) is 8.08. The Hall–Kier alpha value is -0.470. The molecule has 0 bridgehead atoms. The Morgan fingerprint density at radius 1 is 1.20 bits per heavy atom. The number of rotatable bonds is 10. The third kappa shape index (κ3) is 6.32. The van der Waals surface area contributed by atoms with Crippen LogP contribution in [0.1, 0.15) is 18.2 Å². The Kier molecular flexibility index (Phi) is 7.68. The monoisotopic (exact) mass is 319 g/mol. The molecule has 1 aromatic rings. The summed E-state index contributed by atoms with van der Waals surface area (Å²) in [6.07, 6.45) is 1.98. The summed E-state index contributed by atoms with van der Waals surface area (Å²) in [5.74, 6) is 0. The van der Waals surface area contributed by atoms with Crippen molar-refractivity contribution in [2.75, 3.05) is 40.3 Å². The lowest BCUT2D eigenvalue weighted by molar-refractivity contribution is 0.412. The lowest BCUT2D eigenvalue weighted by atomic mass is 10.3. The quantitative estimate of drug-likeness (QED) is 0.635. The molecule has 1 aromatic heterocycles. The molecule has 1 heterocycles. The molecular weight excluding hydrogens is 294 g/mol. The smallest absolute Gasteiger partial charge is 0.250 e. The van der Waals surface area contributed by atoms with Crippen molar-refractivity contribution >= 4 is 21.4 Å². The first kappa shape index (κ1) is 17.6.